The molecule has 0 heterocycles. The molecule has 164 valence electrons. The first kappa shape index (κ1) is 30.6. The van der Waals surface area contributed by atoms with Crippen LogP contribution in [0.5, 0.6) is 0 Å². The van der Waals surface area contributed by atoms with Crippen LogP contribution >= 0.6 is 35.7 Å². The molecular formula is C17H44Cl4Si4Sn2. The van der Waals surface area contributed by atoms with E-state index in [9.17, 15) is 0 Å². The summed E-state index contributed by atoms with van der Waals surface area (Å²) in [6.45, 7) is 29.6. The number of rotatable bonds is 10. The molecule has 0 fully saturated rings. The average Bonchev–Trinajstić information content (AvgIpc) is 2.15. The van der Waals surface area contributed by atoms with Crippen LogP contribution in [0, 0.1) is 0 Å². The van der Waals surface area contributed by atoms with E-state index in [0.717, 1.165) is 15.3 Å². The van der Waals surface area contributed by atoms with Gasteiger partial charge in [-0.25, -0.2) is 0 Å². The van der Waals surface area contributed by atoms with Gasteiger partial charge in [0, 0.05) is 0 Å². The molecule has 0 aliphatic heterocycles. The molecule has 0 rings (SSSR count). The molecule has 0 aliphatic carbocycles. The third-order valence-electron chi connectivity index (χ3n) is 5.33. The van der Waals surface area contributed by atoms with Crippen molar-refractivity contribution in [2.45, 2.75) is 100 Å². The van der Waals surface area contributed by atoms with Crippen LogP contribution in [0.3, 0.4) is 0 Å². The molecule has 0 saturated carbocycles. The third-order valence-corrected chi connectivity index (χ3v) is 96.9. The Morgan fingerprint density at radius 2 is 0.667 bits per heavy atom. The first-order chi connectivity index (χ1) is 11.4. The van der Waals surface area contributed by atoms with Crippen LogP contribution in [-0.2, 0) is 0 Å². The Morgan fingerprint density at radius 1 is 0.481 bits per heavy atom. The predicted molar refractivity (Wildman–Crippen MR) is 150 cm³/mol. The molecule has 0 aromatic carbocycles. The van der Waals surface area contributed by atoms with E-state index in [1.54, 1.807) is 0 Å². The van der Waals surface area contributed by atoms with Gasteiger partial charge in [0.15, 0.2) is 0 Å². The summed E-state index contributed by atoms with van der Waals surface area (Å²) in [6, 6.07) is 0. The Bertz CT molecular complexity index is 417. The summed E-state index contributed by atoms with van der Waals surface area (Å²) in [5.41, 5.74) is 0. The fourth-order valence-electron chi connectivity index (χ4n) is 5.98. The van der Waals surface area contributed by atoms with Crippen molar-refractivity contribution >= 4 is 100 Å². The molecule has 10 heteroatoms. The minimum atomic E-state index is -3.18. The van der Waals surface area contributed by atoms with E-state index in [0.29, 0.717) is 6.36 Å². The van der Waals surface area contributed by atoms with E-state index < -0.39 is 64.5 Å². The van der Waals surface area contributed by atoms with Gasteiger partial charge < -0.3 is 0 Å². The van der Waals surface area contributed by atoms with E-state index in [1.807, 2.05) is 0 Å². The second-order valence-electron chi connectivity index (χ2n) is 12.7. The zero-order chi connectivity index (χ0) is 22.3. The van der Waals surface area contributed by atoms with Gasteiger partial charge in [0.25, 0.3) is 0 Å². The first-order valence-corrected chi connectivity index (χ1v) is 46.3. The van der Waals surface area contributed by atoms with E-state index >= 15 is 0 Å². The molecule has 0 aromatic rings. The second kappa shape index (κ2) is 10.3. The standard InChI is InChI=1S/2C7H19Si2.C3H6.4ClH.2Sn/c2*1-8(2,3)7-9(4,5)6;1-3-2;;;;;;/h2*7H,1-6H3;1-3H2;4*1H;;/q;;;;;;;2*+2/p-4. The summed E-state index contributed by atoms with van der Waals surface area (Å²) in [5, 5.41) is 0. The SMILES string of the molecule is C[Si](C)(C)[CH]([Si](C)(C)C)[Sn]([Cl])([Cl])[CH2]C[CH2][Sn]([Cl])([Cl])[CH]([Si](C)(C)C)[Si](C)(C)C. The summed E-state index contributed by atoms with van der Waals surface area (Å²) < 4.78 is 3.42. The molecular weight excluding hydrogens is 696 g/mol. The molecule has 0 amide bonds. The van der Waals surface area contributed by atoms with Crippen LogP contribution in [0.4, 0.5) is 0 Å². The second-order valence-corrected chi connectivity index (χ2v) is 77.2. The molecule has 0 unspecified atom stereocenters. The monoisotopic (exact) mass is 740 g/mol. The number of hydrogen-bond acceptors (Lipinski definition) is 0. The van der Waals surface area contributed by atoms with E-state index in [-0.39, 0.29) is 0 Å². The van der Waals surface area contributed by atoms with E-state index in [1.165, 1.54) is 0 Å². The summed E-state index contributed by atoms with van der Waals surface area (Å²) >= 11 is -6.37. The van der Waals surface area contributed by atoms with E-state index in [4.69, 9.17) is 35.7 Å². The molecule has 0 atom stereocenters. The predicted octanol–water partition coefficient (Wildman–Crippen LogP) is 9.47. The maximum absolute atomic E-state index is 7.26. The molecule has 27 heavy (non-hydrogen) atoms. The fraction of sp³-hybridized carbons (Fsp3) is 1.00. The Labute approximate surface area is 197 Å². The molecule has 0 spiro atoms. The number of halogens is 4. The van der Waals surface area contributed by atoms with Crippen molar-refractivity contribution < 1.29 is 0 Å². The van der Waals surface area contributed by atoms with Crippen molar-refractivity contribution in [3.05, 3.63) is 0 Å². The van der Waals surface area contributed by atoms with Crippen molar-refractivity contribution in [2.75, 3.05) is 0 Å². The molecule has 0 aromatic heterocycles. The topological polar surface area (TPSA) is 0 Å². The zero-order valence-corrected chi connectivity index (χ0v) is 32.5. The van der Waals surface area contributed by atoms with Crippen LogP contribution in [0.15, 0.2) is 0 Å². The van der Waals surface area contributed by atoms with Gasteiger partial charge in [0.05, 0.1) is 0 Å². The van der Waals surface area contributed by atoms with Crippen molar-refractivity contribution in [3.63, 3.8) is 0 Å². The first-order valence-electron chi connectivity index (χ1n) is 10.2. The Morgan fingerprint density at radius 3 is 0.815 bits per heavy atom. The molecule has 0 aliphatic rings. The van der Waals surface area contributed by atoms with Gasteiger partial charge in [-0.05, 0) is 0 Å². The fourth-order valence-corrected chi connectivity index (χ4v) is 144. The van der Waals surface area contributed by atoms with Crippen LogP contribution in [0.2, 0.25) is 93.8 Å². The Balaban J connectivity index is 5.42. The van der Waals surface area contributed by atoms with Gasteiger partial charge in [-0.2, -0.15) is 0 Å². The van der Waals surface area contributed by atoms with Crippen LogP contribution in [0.1, 0.15) is 6.42 Å². The zero-order valence-electron chi connectivity index (χ0n) is 19.8. The Kier molecular flexibility index (Phi) is 11.6. The molecule has 0 bridgehead atoms. The summed E-state index contributed by atoms with van der Waals surface area (Å²) in [7, 11) is 23.5. The van der Waals surface area contributed by atoms with Crippen LogP contribution in [-0.4, -0.2) is 64.5 Å². The molecule has 0 saturated heterocycles. The van der Waals surface area contributed by atoms with Crippen LogP contribution < -0.4 is 0 Å². The summed E-state index contributed by atoms with van der Waals surface area (Å²) in [4.78, 5) is 0. The summed E-state index contributed by atoms with van der Waals surface area (Å²) in [5.74, 6) is 0. The van der Waals surface area contributed by atoms with Crippen molar-refractivity contribution in [2.24, 2.45) is 0 Å². The van der Waals surface area contributed by atoms with Crippen molar-refractivity contribution in [1.82, 2.24) is 0 Å². The molecule has 0 N–H and O–H groups in total. The van der Waals surface area contributed by atoms with Gasteiger partial charge >= 0.3 is 200 Å². The third kappa shape index (κ3) is 9.97. The normalized spacial score (nSPS) is 15.8. The number of hydrogen-bond donors (Lipinski definition) is 0. The molecule has 0 radical (unpaired) electrons. The molecule has 0 nitrogen and oxygen atoms in total. The van der Waals surface area contributed by atoms with Crippen LogP contribution in [0.25, 0.3) is 0 Å². The van der Waals surface area contributed by atoms with Gasteiger partial charge in [-0.3, -0.25) is 0 Å². The quantitative estimate of drug-likeness (QED) is 0.196. The van der Waals surface area contributed by atoms with Gasteiger partial charge in [-0.1, -0.05) is 0 Å². The Hall–Kier alpha value is 3.62. The van der Waals surface area contributed by atoms with Gasteiger partial charge in [-0.15, -0.1) is 0 Å². The van der Waals surface area contributed by atoms with Gasteiger partial charge in [0.2, 0.25) is 0 Å². The van der Waals surface area contributed by atoms with Crippen molar-refractivity contribution in [1.29, 1.82) is 0 Å². The van der Waals surface area contributed by atoms with Crippen molar-refractivity contribution in [3.8, 4) is 0 Å². The maximum atomic E-state index is 7.26. The van der Waals surface area contributed by atoms with E-state index in [2.05, 4.69) is 78.6 Å². The summed E-state index contributed by atoms with van der Waals surface area (Å²) in [6.07, 6.45) is 1.07. The average molecular weight is 740 g/mol. The van der Waals surface area contributed by atoms with Gasteiger partial charge in [0.1, 0.15) is 0 Å². The minimum absolute atomic E-state index is 0.669.